The fourth-order valence-corrected chi connectivity index (χ4v) is 5.01. The molecule has 0 bridgehead atoms. The van der Waals surface area contributed by atoms with E-state index in [1.165, 1.54) is 12.1 Å². The third-order valence-electron chi connectivity index (χ3n) is 6.44. The zero-order chi connectivity index (χ0) is 25.9. The minimum absolute atomic E-state index is 0.0400. The molecule has 192 valence electrons. The molecular formula is C28H31Cl2FN2O3. The molecule has 5 nitrogen and oxygen atoms in total. The van der Waals surface area contributed by atoms with Crippen molar-refractivity contribution >= 4 is 28.9 Å². The minimum atomic E-state index is -1.14. The Morgan fingerprint density at radius 3 is 2.39 bits per heavy atom. The summed E-state index contributed by atoms with van der Waals surface area (Å²) in [5.41, 5.74) is 1.49. The lowest BCUT2D eigenvalue weighted by Gasteiger charge is -2.45. The van der Waals surface area contributed by atoms with E-state index < -0.39 is 11.7 Å². The average molecular weight is 533 g/mol. The molecule has 1 aliphatic rings. The molecule has 8 heteroatoms. The summed E-state index contributed by atoms with van der Waals surface area (Å²) in [5, 5.41) is 21.9. The SMILES string of the molecule is C[C@@H](O)COc1ccc(N2CCN(C[C@@](C)(O)c3ccc(F)cc3)C[C@H]2c2ccc(Cl)cc2)c(Cl)c1. The number of aliphatic hydroxyl groups is 2. The van der Waals surface area contributed by atoms with Crippen molar-refractivity contribution in [3.05, 3.63) is 93.7 Å². The Balaban J connectivity index is 1.58. The van der Waals surface area contributed by atoms with Gasteiger partial charge in [0.15, 0.2) is 0 Å². The van der Waals surface area contributed by atoms with E-state index in [4.69, 9.17) is 27.9 Å². The smallest absolute Gasteiger partial charge is 0.123 e. The first-order valence-electron chi connectivity index (χ1n) is 12.0. The maximum absolute atomic E-state index is 13.4. The number of benzene rings is 3. The van der Waals surface area contributed by atoms with Gasteiger partial charge >= 0.3 is 0 Å². The standard InChI is InChI=1S/C28H31Cl2FN2O3/c1-19(34)17-36-24-11-12-26(25(30)15-24)33-14-13-32(16-27(33)20-3-7-22(29)8-4-20)18-28(2,35)21-5-9-23(31)10-6-21/h3-12,15,19,27,34-35H,13-14,16-18H2,1-2H3/t19-,27+,28-/m1/s1. The molecular weight excluding hydrogens is 502 g/mol. The first-order valence-corrected chi connectivity index (χ1v) is 12.7. The zero-order valence-electron chi connectivity index (χ0n) is 20.4. The molecule has 3 aromatic rings. The lowest BCUT2D eigenvalue weighted by atomic mass is 9.94. The van der Waals surface area contributed by atoms with Gasteiger partial charge in [-0.3, -0.25) is 4.90 Å². The molecule has 1 fully saturated rings. The van der Waals surface area contributed by atoms with E-state index in [-0.39, 0.29) is 18.5 Å². The molecule has 2 N–H and O–H groups in total. The third-order valence-corrected chi connectivity index (χ3v) is 6.99. The Kier molecular flexibility index (Phi) is 8.43. The van der Waals surface area contributed by atoms with Crippen LogP contribution in [0.2, 0.25) is 10.0 Å². The lowest BCUT2D eigenvalue weighted by Crippen LogP contribution is -2.52. The Morgan fingerprint density at radius 2 is 1.75 bits per heavy atom. The number of ether oxygens (including phenoxy) is 1. The Bertz CT molecular complexity index is 1160. The quantitative estimate of drug-likeness (QED) is 0.391. The molecule has 0 unspecified atom stereocenters. The summed E-state index contributed by atoms with van der Waals surface area (Å²) >= 11 is 12.9. The van der Waals surface area contributed by atoms with Gasteiger partial charge in [-0.2, -0.15) is 0 Å². The molecule has 0 amide bonds. The maximum atomic E-state index is 13.4. The number of anilines is 1. The van der Waals surface area contributed by atoms with Gasteiger partial charge in [-0.25, -0.2) is 4.39 Å². The first-order chi connectivity index (χ1) is 17.1. The molecule has 36 heavy (non-hydrogen) atoms. The summed E-state index contributed by atoms with van der Waals surface area (Å²) in [6.45, 7) is 6.05. The first kappa shape index (κ1) is 26.7. The van der Waals surface area contributed by atoms with E-state index >= 15 is 0 Å². The van der Waals surface area contributed by atoms with Crippen molar-refractivity contribution in [2.24, 2.45) is 0 Å². The number of aliphatic hydroxyl groups excluding tert-OH is 1. The van der Waals surface area contributed by atoms with Crippen molar-refractivity contribution in [1.82, 2.24) is 4.90 Å². The molecule has 1 saturated heterocycles. The highest BCUT2D eigenvalue weighted by Gasteiger charge is 2.34. The number of piperazine rings is 1. The summed E-state index contributed by atoms with van der Waals surface area (Å²) < 4.78 is 19.0. The van der Waals surface area contributed by atoms with Crippen LogP contribution in [0.3, 0.4) is 0 Å². The van der Waals surface area contributed by atoms with E-state index in [1.807, 2.05) is 36.4 Å². The highest BCUT2D eigenvalue weighted by molar-refractivity contribution is 6.33. The lowest BCUT2D eigenvalue weighted by molar-refractivity contribution is 0.0102. The van der Waals surface area contributed by atoms with Crippen LogP contribution in [0.25, 0.3) is 0 Å². The average Bonchev–Trinajstić information content (AvgIpc) is 2.83. The highest BCUT2D eigenvalue weighted by Crippen LogP contribution is 2.38. The van der Waals surface area contributed by atoms with Crippen LogP contribution in [0.15, 0.2) is 66.7 Å². The van der Waals surface area contributed by atoms with Crippen molar-refractivity contribution in [3.8, 4) is 5.75 Å². The van der Waals surface area contributed by atoms with Crippen LogP contribution in [0.5, 0.6) is 5.75 Å². The molecule has 4 rings (SSSR count). The predicted molar refractivity (Wildman–Crippen MR) is 143 cm³/mol. The Labute approximate surface area is 221 Å². The van der Waals surface area contributed by atoms with Gasteiger partial charge in [0, 0.05) is 37.3 Å². The fraction of sp³-hybridized carbons (Fsp3) is 0.357. The van der Waals surface area contributed by atoms with Crippen molar-refractivity contribution in [2.45, 2.75) is 31.6 Å². The molecule has 0 saturated carbocycles. The van der Waals surface area contributed by atoms with Crippen molar-refractivity contribution in [3.63, 3.8) is 0 Å². The Hall–Kier alpha value is -2.35. The van der Waals surface area contributed by atoms with Crippen LogP contribution in [-0.2, 0) is 5.60 Å². The topological polar surface area (TPSA) is 56.2 Å². The molecule has 3 aromatic carbocycles. The molecule has 1 aliphatic heterocycles. The van der Waals surface area contributed by atoms with Crippen LogP contribution in [0.4, 0.5) is 10.1 Å². The molecule has 1 heterocycles. The van der Waals surface area contributed by atoms with E-state index in [0.717, 1.165) is 11.3 Å². The van der Waals surface area contributed by atoms with Crippen LogP contribution in [0.1, 0.15) is 31.0 Å². The minimum Gasteiger partial charge on any atom is -0.491 e. The molecule has 3 atom stereocenters. The van der Waals surface area contributed by atoms with E-state index in [9.17, 15) is 14.6 Å². The fourth-order valence-electron chi connectivity index (χ4n) is 4.60. The van der Waals surface area contributed by atoms with Crippen molar-refractivity contribution in [2.75, 3.05) is 37.7 Å². The largest absolute Gasteiger partial charge is 0.491 e. The van der Waals surface area contributed by atoms with Gasteiger partial charge in [-0.1, -0.05) is 47.5 Å². The number of β-amino-alcohol motifs (C(OH)–C–C–N with tert-alkyl or cyclic N) is 1. The van der Waals surface area contributed by atoms with Crippen LogP contribution < -0.4 is 9.64 Å². The van der Waals surface area contributed by atoms with Gasteiger partial charge in [-0.05, 0) is 61.4 Å². The summed E-state index contributed by atoms with van der Waals surface area (Å²) in [5.74, 6) is 0.270. The van der Waals surface area contributed by atoms with Gasteiger partial charge in [0.05, 0.1) is 28.5 Å². The number of halogens is 3. The van der Waals surface area contributed by atoms with E-state index in [1.54, 1.807) is 32.0 Å². The van der Waals surface area contributed by atoms with E-state index in [0.29, 0.717) is 47.5 Å². The van der Waals surface area contributed by atoms with Gasteiger partial charge < -0.3 is 19.8 Å². The molecule has 0 aromatic heterocycles. The number of rotatable bonds is 8. The van der Waals surface area contributed by atoms with Gasteiger partial charge in [-0.15, -0.1) is 0 Å². The van der Waals surface area contributed by atoms with Crippen LogP contribution in [0, 0.1) is 5.82 Å². The monoisotopic (exact) mass is 532 g/mol. The van der Waals surface area contributed by atoms with Crippen LogP contribution in [-0.4, -0.2) is 54.0 Å². The van der Waals surface area contributed by atoms with Gasteiger partial charge in [0.25, 0.3) is 0 Å². The normalized spacial score (nSPS) is 19.1. The third kappa shape index (κ3) is 6.50. The van der Waals surface area contributed by atoms with Gasteiger partial charge in [0.2, 0.25) is 0 Å². The van der Waals surface area contributed by atoms with E-state index in [2.05, 4.69) is 9.80 Å². The van der Waals surface area contributed by atoms with Crippen molar-refractivity contribution < 1.29 is 19.3 Å². The number of hydrogen-bond donors (Lipinski definition) is 2. The number of nitrogens with zero attached hydrogens (tertiary/aromatic N) is 2. The highest BCUT2D eigenvalue weighted by atomic mass is 35.5. The second kappa shape index (κ2) is 11.4. The second-order valence-corrected chi connectivity index (χ2v) is 10.4. The molecule has 0 spiro atoms. The van der Waals surface area contributed by atoms with Crippen LogP contribution >= 0.6 is 23.2 Å². The summed E-state index contributed by atoms with van der Waals surface area (Å²) in [6, 6.07) is 19.3. The maximum Gasteiger partial charge on any atom is 0.123 e. The summed E-state index contributed by atoms with van der Waals surface area (Å²) in [7, 11) is 0. The molecule has 0 aliphatic carbocycles. The predicted octanol–water partition coefficient (Wildman–Crippen LogP) is 5.66. The number of hydrogen-bond acceptors (Lipinski definition) is 5. The van der Waals surface area contributed by atoms with Gasteiger partial charge in [0.1, 0.15) is 18.2 Å². The summed E-state index contributed by atoms with van der Waals surface area (Å²) in [6.07, 6.45) is -0.571. The Morgan fingerprint density at radius 1 is 1.06 bits per heavy atom. The zero-order valence-corrected chi connectivity index (χ0v) is 21.9. The van der Waals surface area contributed by atoms with Crippen molar-refractivity contribution in [1.29, 1.82) is 0 Å². The molecule has 0 radical (unpaired) electrons. The second-order valence-electron chi connectivity index (χ2n) is 9.55. The summed E-state index contributed by atoms with van der Waals surface area (Å²) in [4.78, 5) is 4.47.